The van der Waals surface area contributed by atoms with Gasteiger partial charge in [0.25, 0.3) is 0 Å². The van der Waals surface area contributed by atoms with Crippen molar-refractivity contribution in [3.63, 3.8) is 0 Å². The molecule has 2 rings (SSSR count). The topological polar surface area (TPSA) is 12.0 Å². The Bertz CT molecular complexity index is 451. The van der Waals surface area contributed by atoms with E-state index in [0.717, 1.165) is 31.9 Å². The van der Waals surface area contributed by atoms with E-state index in [1.54, 1.807) is 0 Å². The van der Waals surface area contributed by atoms with E-state index in [4.69, 9.17) is 0 Å². The lowest BCUT2D eigenvalue weighted by Crippen LogP contribution is -2.39. The molecule has 1 aromatic carbocycles. The highest BCUT2D eigenvalue weighted by Crippen LogP contribution is 2.36. The number of halogens is 3. The molecule has 0 aliphatic carbocycles. The van der Waals surface area contributed by atoms with E-state index in [2.05, 4.69) is 5.32 Å². The number of rotatable bonds is 3. The van der Waals surface area contributed by atoms with E-state index >= 15 is 0 Å². The van der Waals surface area contributed by atoms with Crippen molar-refractivity contribution >= 4 is 0 Å². The van der Waals surface area contributed by atoms with E-state index < -0.39 is 22.9 Å². The lowest BCUT2D eigenvalue weighted by molar-refractivity contribution is 0.135. The van der Waals surface area contributed by atoms with Crippen molar-refractivity contribution < 1.29 is 13.2 Å². The van der Waals surface area contributed by atoms with E-state index in [-0.39, 0.29) is 18.0 Å². The summed E-state index contributed by atoms with van der Waals surface area (Å²) in [6.07, 6.45) is 3.07. The molecule has 19 heavy (non-hydrogen) atoms. The Morgan fingerprint density at radius 2 is 2.05 bits per heavy atom. The van der Waals surface area contributed by atoms with Gasteiger partial charge in [0.2, 0.25) is 0 Å². The van der Waals surface area contributed by atoms with Crippen molar-refractivity contribution in [1.82, 2.24) is 5.32 Å². The van der Waals surface area contributed by atoms with Gasteiger partial charge >= 0.3 is 0 Å². The van der Waals surface area contributed by atoms with E-state index in [1.165, 1.54) is 19.9 Å². The second kappa shape index (κ2) is 5.53. The van der Waals surface area contributed by atoms with Crippen LogP contribution in [-0.4, -0.2) is 12.6 Å². The Morgan fingerprint density at radius 1 is 1.32 bits per heavy atom. The van der Waals surface area contributed by atoms with Gasteiger partial charge in [-0.15, -0.1) is 0 Å². The molecule has 1 heterocycles. The van der Waals surface area contributed by atoms with Crippen molar-refractivity contribution in [3.8, 4) is 0 Å². The van der Waals surface area contributed by atoms with Crippen LogP contribution in [0.1, 0.15) is 43.7 Å². The van der Waals surface area contributed by atoms with Gasteiger partial charge in [-0.05, 0) is 44.9 Å². The van der Waals surface area contributed by atoms with E-state index in [9.17, 15) is 13.2 Å². The highest BCUT2D eigenvalue weighted by molar-refractivity contribution is 5.31. The summed E-state index contributed by atoms with van der Waals surface area (Å²) in [7, 11) is 0. The maximum absolute atomic E-state index is 14.8. The summed E-state index contributed by atoms with van der Waals surface area (Å²) in [5.74, 6) is -1.57. The van der Waals surface area contributed by atoms with Gasteiger partial charge in [-0.2, -0.15) is 0 Å². The Balaban J connectivity index is 2.25. The lowest BCUT2D eigenvalue weighted by Gasteiger charge is -2.30. The molecule has 1 aliphatic heterocycles. The monoisotopic (exact) mass is 271 g/mol. The van der Waals surface area contributed by atoms with Gasteiger partial charge in [0, 0.05) is 12.5 Å². The fourth-order valence-electron chi connectivity index (χ4n) is 2.80. The van der Waals surface area contributed by atoms with Gasteiger partial charge in [-0.25, -0.2) is 13.2 Å². The zero-order valence-electron chi connectivity index (χ0n) is 11.4. The minimum atomic E-state index is -1.99. The molecule has 2 unspecified atom stereocenters. The van der Waals surface area contributed by atoms with E-state index in [0.29, 0.717) is 0 Å². The van der Waals surface area contributed by atoms with Crippen LogP contribution in [0.25, 0.3) is 0 Å². The molecule has 1 nitrogen and oxygen atoms in total. The van der Waals surface area contributed by atoms with Gasteiger partial charge in [0.1, 0.15) is 17.3 Å². The number of hydrogen-bond acceptors (Lipinski definition) is 1. The summed E-state index contributed by atoms with van der Waals surface area (Å²) in [4.78, 5) is 0. The first-order chi connectivity index (χ1) is 8.92. The molecule has 1 N–H and O–H groups in total. The summed E-state index contributed by atoms with van der Waals surface area (Å²) in [5, 5.41) is 3.21. The average Bonchev–Trinajstić information content (AvgIpc) is 2.35. The van der Waals surface area contributed by atoms with Gasteiger partial charge in [-0.1, -0.05) is 12.5 Å². The lowest BCUT2D eigenvalue weighted by atomic mass is 9.86. The molecule has 0 aromatic heterocycles. The molecule has 1 fully saturated rings. The van der Waals surface area contributed by atoms with Crippen molar-refractivity contribution in [2.24, 2.45) is 0 Å². The third-order valence-electron chi connectivity index (χ3n) is 3.85. The van der Waals surface area contributed by atoms with Crippen LogP contribution in [0, 0.1) is 18.6 Å². The quantitative estimate of drug-likeness (QED) is 0.876. The molecule has 1 aliphatic rings. The summed E-state index contributed by atoms with van der Waals surface area (Å²) in [6, 6.07) is 2.46. The molecule has 4 heteroatoms. The predicted molar refractivity (Wildman–Crippen MR) is 69.8 cm³/mol. The number of hydrogen-bond donors (Lipinski definition) is 1. The van der Waals surface area contributed by atoms with Crippen LogP contribution in [0.4, 0.5) is 13.2 Å². The van der Waals surface area contributed by atoms with Crippen molar-refractivity contribution in [2.45, 2.75) is 51.2 Å². The van der Waals surface area contributed by atoms with Crippen LogP contribution in [0.2, 0.25) is 0 Å². The minimum absolute atomic E-state index is 0.0111. The zero-order chi connectivity index (χ0) is 14.0. The smallest absolute Gasteiger partial charge is 0.140 e. The Kier molecular flexibility index (Phi) is 4.19. The summed E-state index contributed by atoms with van der Waals surface area (Å²) in [5.41, 5.74) is -2.15. The molecular weight excluding hydrogens is 251 g/mol. The molecule has 0 spiro atoms. The molecule has 1 saturated heterocycles. The van der Waals surface area contributed by atoms with Crippen LogP contribution in [0.5, 0.6) is 0 Å². The molecule has 106 valence electrons. The summed E-state index contributed by atoms with van der Waals surface area (Å²) < 4.78 is 42.6. The van der Waals surface area contributed by atoms with Gasteiger partial charge < -0.3 is 5.32 Å². The Hall–Kier alpha value is -1.03. The highest BCUT2D eigenvalue weighted by Gasteiger charge is 2.36. The van der Waals surface area contributed by atoms with Gasteiger partial charge in [0.15, 0.2) is 0 Å². The number of aryl methyl sites for hydroxylation is 1. The van der Waals surface area contributed by atoms with Gasteiger partial charge in [0.05, 0.1) is 5.56 Å². The first-order valence-corrected chi connectivity index (χ1v) is 6.79. The molecule has 2 atom stereocenters. The number of nitrogens with one attached hydrogen (secondary N) is 1. The van der Waals surface area contributed by atoms with Crippen LogP contribution in [-0.2, 0) is 5.67 Å². The normalized spacial score (nSPS) is 23.1. The van der Waals surface area contributed by atoms with Crippen molar-refractivity contribution in [1.29, 1.82) is 0 Å². The SMILES string of the molecule is Cc1ccc(F)c(C(C)(F)CC2CCCCN2)c1F. The largest absolute Gasteiger partial charge is 0.314 e. The Labute approximate surface area is 112 Å². The van der Waals surface area contributed by atoms with E-state index in [1.807, 2.05) is 0 Å². The number of benzene rings is 1. The first kappa shape index (κ1) is 14.4. The third kappa shape index (κ3) is 3.11. The number of alkyl halides is 1. The van der Waals surface area contributed by atoms with Crippen molar-refractivity contribution in [2.75, 3.05) is 6.54 Å². The molecule has 0 bridgehead atoms. The maximum Gasteiger partial charge on any atom is 0.140 e. The minimum Gasteiger partial charge on any atom is -0.314 e. The fraction of sp³-hybridized carbons (Fsp3) is 0.600. The highest BCUT2D eigenvalue weighted by atomic mass is 19.2. The van der Waals surface area contributed by atoms with Gasteiger partial charge in [-0.3, -0.25) is 0 Å². The van der Waals surface area contributed by atoms with Crippen LogP contribution in [0.15, 0.2) is 12.1 Å². The van der Waals surface area contributed by atoms with Crippen LogP contribution >= 0.6 is 0 Å². The van der Waals surface area contributed by atoms with Crippen molar-refractivity contribution in [3.05, 3.63) is 34.9 Å². The zero-order valence-corrected chi connectivity index (χ0v) is 11.4. The first-order valence-electron chi connectivity index (χ1n) is 6.79. The summed E-state index contributed by atoms with van der Waals surface area (Å²) >= 11 is 0. The third-order valence-corrected chi connectivity index (χ3v) is 3.85. The predicted octanol–water partition coefficient (Wildman–Crippen LogP) is 3.99. The summed E-state index contributed by atoms with van der Waals surface area (Å²) in [6.45, 7) is 3.64. The maximum atomic E-state index is 14.8. The Morgan fingerprint density at radius 3 is 2.68 bits per heavy atom. The standard InChI is InChI=1S/C15H20F3N/c1-10-6-7-12(16)13(14(10)17)15(2,18)9-11-5-3-4-8-19-11/h6-7,11,19H,3-5,8-9H2,1-2H3. The fourth-order valence-corrected chi connectivity index (χ4v) is 2.80. The van der Waals surface area contributed by atoms with Crippen LogP contribution < -0.4 is 5.32 Å². The molecule has 0 saturated carbocycles. The molecule has 1 aromatic rings. The molecule has 0 radical (unpaired) electrons. The molecule has 0 amide bonds. The number of piperidine rings is 1. The second-order valence-corrected chi connectivity index (χ2v) is 5.60. The van der Waals surface area contributed by atoms with Crippen LogP contribution in [0.3, 0.4) is 0 Å². The average molecular weight is 271 g/mol. The molecular formula is C15H20F3N. The second-order valence-electron chi connectivity index (χ2n) is 5.60.